The standard InChI is InChI=1S/C17H16BrClO4S/c18-12-3-1-11(2-4-12)15-16(17(15,9-20)10-21)24(22,23)14-7-5-13(19)6-8-14/h1-8,15-16,20-21H,9-10H2/t15-,16+/m1/s1. The largest absolute Gasteiger partial charge is 0.396 e. The van der Waals surface area contributed by atoms with Gasteiger partial charge in [0.2, 0.25) is 0 Å². The molecule has 2 aromatic rings. The Kier molecular flexibility index (Phi) is 4.79. The van der Waals surface area contributed by atoms with Crippen LogP contribution in [-0.2, 0) is 9.84 Å². The Labute approximate surface area is 154 Å². The molecule has 0 heterocycles. The number of hydrogen-bond donors (Lipinski definition) is 2. The van der Waals surface area contributed by atoms with Crippen LogP contribution in [0.15, 0.2) is 57.9 Å². The Morgan fingerprint density at radius 2 is 1.54 bits per heavy atom. The molecule has 1 saturated carbocycles. The summed E-state index contributed by atoms with van der Waals surface area (Å²) < 4.78 is 26.9. The summed E-state index contributed by atoms with van der Waals surface area (Å²) in [4.78, 5) is 0.141. The minimum atomic E-state index is -3.71. The minimum absolute atomic E-state index is 0.141. The van der Waals surface area contributed by atoms with Gasteiger partial charge in [-0.25, -0.2) is 8.42 Å². The summed E-state index contributed by atoms with van der Waals surface area (Å²) in [5.41, 5.74) is -0.296. The van der Waals surface area contributed by atoms with Crippen molar-refractivity contribution in [2.45, 2.75) is 16.1 Å². The van der Waals surface area contributed by atoms with Crippen molar-refractivity contribution < 1.29 is 18.6 Å². The van der Waals surface area contributed by atoms with Crippen LogP contribution in [0.5, 0.6) is 0 Å². The highest BCUT2D eigenvalue weighted by atomic mass is 79.9. The van der Waals surface area contributed by atoms with Gasteiger partial charge in [-0.15, -0.1) is 0 Å². The first-order valence-corrected chi connectivity index (χ1v) is 10.1. The van der Waals surface area contributed by atoms with E-state index in [1.165, 1.54) is 24.3 Å². The molecule has 1 aliphatic rings. The fraction of sp³-hybridized carbons (Fsp3) is 0.294. The molecule has 2 N–H and O–H groups in total. The zero-order valence-corrected chi connectivity index (χ0v) is 15.7. The minimum Gasteiger partial charge on any atom is -0.396 e. The maximum absolute atomic E-state index is 13.0. The number of benzene rings is 2. The molecule has 0 aromatic heterocycles. The molecule has 0 unspecified atom stereocenters. The third-order valence-corrected chi connectivity index (χ3v) is 7.79. The van der Waals surface area contributed by atoms with Gasteiger partial charge in [-0.3, -0.25) is 0 Å². The summed E-state index contributed by atoms with van der Waals surface area (Å²) in [6.45, 7) is -0.802. The second kappa shape index (κ2) is 6.42. The van der Waals surface area contributed by atoms with Crippen LogP contribution in [0.25, 0.3) is 0 Å². The quantitative estimate of drug-likeness (QED) is 0.763. The van der Waals surface area contributed by atoms with Crippen LogP contribution in [0, 0.1) is 5.41 Å². The summed E-state index contributed by atoms with van der Waals surface area (Å²) >= 11 is 9.17. The Morgan fingerprint density at radius 1 is 1.00 bits per heavy atom. The van der Waals surface area contributed by atoms with Gasteiger partial charge in [0.05, 0.1) is 23.4 Å². The summed E-state index contributed by atoms with van der Waals surface area (Å²) in [6, 6.07) is 13.2. The number of halogens is 2. The van der Waals surface area contributed by atoms with E-state index in [1.54, 1.807) is 0 Å². The fourth-order valence-corrected chi connectivity index (χ4v) is 6.14. The third-order valence-electron chi connectivity index (χ3n) is 4.67. The van der Waals surface area contributed by atoms with Crippen molar-refractivity contribution in [2.24, 2.45) is 5.41 Å². The van der Waals surface area contributed by atoms with Crippen molar-refractivity contribution in [3.8, 4) is 0 Å². The van der Waals surface area contributed by atoms with Crippen LogP contribution in [0.4, 0.5) is 0 Å². The van der Waals surface area contributed by atoms with Crippen molar-refractivity contribution in [2.75, 3.05) is 13.2 Å². The van der Waals surface area contributed by atoms with Gasteiger partial charge in [0.25, 0.3) is 0 Å². The van der Waals surface area contributed by atoms with Crippen molar-refractivity contribution in [3.63, 3.8) is 0 Å². The molecule has 0 aliphatic heterocycles. The molecular formula is C17H16BrClO4S. The molecule has 0 bridgehead atoms. The maximum Gasteiger partial charge on any atom is 0.182 e. The SMILES string of the molecule is O=S(=O)(c1ccc(Cl)cc1)[C@H]1[C@@H](c2ccc(Br)cc2)C1(CO)CO. The molecule has 3 rings (SSSR count). The Morgan fingerprint density at radius 3 is 2.04 bits per heavy atom. The Balaban J connectivity index is 2.04. The number of hydrogen-bond acceptors (Lipinski definition) is 4. The summed E-state index contributed by atoms with van der Waals surface area (Å²) in [6.07, 6.45) is 0. The van der Waals surface area contributed by atoms with Gasteiger partial charge < -0.3 is 10.2 Å². The lowest BCUT2D eigenvalue weighted by atomic mass is 10.0. The second-order valence-electron chi connectivity index (χ2n) is 6.00. The molecule has 2 aromatic carbocycles. The van der Waals surface area contributed by atoms with E-state index in [0.717, 1.165) is 10.0 Å². The van der Waals surface area contributed by atoms with E-state index in [9.17, 15) is 18.6 Å². The molecule has 128 valence electrons. The topological polar surface area (TPSA) is 74.6 Å². The van der Waals surface area contributed by atoms with Gasteiger partial charge in [-0.2, -0.15) is 0 Å². The fourth-order valence-electron chi connectivity index (χ4n) is 3.32. The Bertz CT molecular complexity index is 830. The zero-order chi connectivity index (χ0) is 17.5. The molecule has 24 heavy (non-hydrogen) atoms. The Hall–Kier alpha value is -0.920. The highest BCUT2D eigenvalue weighted by molar-refractivity contribution is 9.10. The molecule has 1 fully saturated rings. The summed E-state index contributed by atoms with van der Waals surface area (Å²) in [7, 11) is -3.71. The van der Waals surface area contributed by atoms with E-state index in [-0.39, 0.29) is 4.90 Å². The van der Waals surface area contributed by atoms with E-state index in [4.69, 9.17) is 11.6 Å². The smallest absolute Gasteiger partial charge is 0.182 e. The average molecular weight is 432 g/mol. The number of rotatable bonds is 5. The number of aliphatic hydroxyl groups is 2. The van der Waals surface area contributed by atoms with Crippen molar-refractivity contribution in [1.29, 1.82) is 0 Å². The zero-order valence-electron chi connectivity index (χ0n) is 12.6. The molecular weight excluding hydrogens is 416 g/mol. The van der Waals surface area contributed by atoms with Crippen LogP contribution in [0.2, 0.25) is 5.02 Å². The van der Waals surface area contributed by atoms with E-state index in [1.807, 2.05) is 24.3 Å². The first-order chi connectivity index (χ1) is 11.4. The molecule has 0 radical (unpaired) electrons. The monoisotopic (exact) mass is 430 g/mol. The van der Waals surface area contributed by atoms with Crippen LogP contribution >= 0.6 is 27.5 Å². The molecule has 1 aliphatic carbocycles. The van der Waals surface area contributed by atoms with Gasteiger partial charge in [0.15, 0.2) is 9.84 Å². The van der Waals surface area contributed by atoms with Gasteiger partial charge in [-0.1, -0.05) is 39.7 Å². The normalized spacial score (nSPS) is 22.3. The van der Waals surface area contributed by atoms with Crippen LogP contribution in [-0.4, -0.2) is 37.1 Å². The van der Waals surface area contributed by atoms with E-state index >= 15 is 0 Å². The van der Waals surface area contributed by atoms with Gasteiger partial charge in [0.1, 0.15) is 0 Å². The molecule has 0 amide bonds. The highest BCUT2D eigenvalue weighted by Crippen LogP contribution is 2.63. The van der Waals surface area contributed by atoms with Crippen molar-refractivity contribution >= 4 is 37.4 Å². The lowest BCUT2D eigenvalue weighted by Crippen LogP contribution is -2.23. The molecule has 2 atom stereocenters. The molecule has 0 saturated heterocycles. The molecule has 7 heteroatoms. The van der Waals surface area contributed by atoms with Gasteiger partial charge >= 0.3 is 0 Å². The first-order valence-electron chi connectivity index (χ1n) is 7.33. The third kappa shape index (κ3) is 2.80. The highest BCUT2D eigenvalue weighted by Gasteiger charge is 2.70. The summed E-state index contributed by atoms with van der Waals surface area (Å²) in [5.74, 6) is -0.457. The molecule has 0 spiro atoms. The lowest BCUT2D eigenvalue weighted by molar-refractivity contribution is 0.130. The first kappa shape index (κ1) is 17.9. The van der Waals surface area contributed by atoms with Gasteiger partial charge in [0, 0.05) is 20.8 Å². The number of sulfone groups is 1. The van der Waals surface area contributed by atoms with E-state index < -0.39 is 39.6 Å². The number of aliphatic hydroxyl groups excluding tert-OH is 2. The van der Waals surface area contributed by atoms with Crippen molar-refractivity contribution in [3.05, 3.63) is 63.6 Å². The van der Waals surface area contributed by atoms with Gasteiger partial charge in [-0.05, 0) is 42.0 Å². The lowest BCUT2D eigenvalue weighted by Gasteiger charge is -2.11. The van der Waals surface area contributed by atoms with Crippen molar-refractivity contribution in [1.82, 2.24) is 0 Å². The van der Waals surface area contributed by atoms with E-state index in [0.29, 0.717) is 5.02 Å². The van der Waals surface area contributed by atoms with Crippen LogP contribution < -0.4 is 0 Å². The summed E-state index contributed by atoms with van der Waals surface area (Å²) in [5, 5.41) is 19.2. The average Bonchev–Trinajstić information content (AvgIpc) is 3.26. The second-order valence-corrected chi connectivity index (χ2v) is 9.42. The van der Waals surface area contributed by atoms with E-state index in [2.05, 4.69) is 15.9 Å². The molecule has 4 nitrogen and oxygen atoms in total. The van der Waals surface area contributed by atoms with Crippen LogP contribution in [0.3, 0.4) is 0 Å². The predicted molar refractivity (Wildman–Crippen MR) is 95.9 cm³/mol. The maximum atomic E-state index is 13.0. The predicted octanol–water partition coefficient (Wildman–Crippen LogP) is 3.01. The van der Waals surface area contributed by atoms with Crippen LogP contribution in [0.1, 0.15) is 11.5 Å².